The third kappa shape index (κ3) is 4.96. The minimum Gasteiger partial charge on any atom is -0.355 e. The molecule has 2 N–H and O–H groups in total. The van der Waals surface area contributed by atoms with Crippen LogP contribution in [0.2, 0.25) is 5.02 Å². The largest absolute Gasteiger partial charge is 0.355 e. The molecule has 2 rings (SSSR count). The van der Waals surface area contributed by atoms with E-state index in [1.54, 1.807) is 7.05 Å². The summed E-state index contributed by atoms with van der Waals surface area (Å²) in [7, 11) is 1.80. The number of aliphatic imine (C=N–C) groups is 1. The van der Waals surface area contributed by atoms with E-state index in [0.717, 1.165) is 29.3 Å². The lowest BCUT2D eigenvalue weighted by Crippen LogP contribution is -2.39. The van der Waals surface area contributed by atoms with E-state index in [0.29, 0.717) is 0 Å². The highest BCUT2D eigenvalue weighted by molar-refractivity contribution is 8.00. The Morgan fingerprint density at radius 2 is 2.16 bits per heavy atom. The average molecular weight is 298 g/mol. The molecule has 3 nitrogen and oxygen atoms in total. The number of halogens is 1. The monoisotopic (exact) mass is 297 g/mol. The molecule has 1 aliphatic rings. The molecular weight excluding hydrogens is 278 g/mol. The van der Waals surface area contributed by atoms with Gasteiger partial charge >= 0.3 is 0 Å². The van der Waals surface area contributed by atoms with Crippen LogP contribution in [0, 0.1) is 0 Å². The van der Waals surface area contributed by atoms with Gasteiger partial charge in [0.15, 0.2) is 5.96 Å². The van der Waals surface area contributed by atoms with Crippen LogP contribution in [0.4, 0.5) is 0 Å². The van der Waals surface area contributed by atoms with Crippen molar-refractivity contribution in [2.24, 2.45) is 4.99 Å². The second kappa shape index (κ2) is 7.65. The van der Waals surface area contributed by atoms with E-state index in [1.165, 1.54) is 24.2 Å². The zero-order valence-corrected chi connectivity index (χ0v) is 12.7. The summed E-state index contributed by atoms with van der Waals surface area (Å²) < 4.78 is 0. The predicted octanol–water partition coefficient (Wildman–Crippen LogP) is 2.90. The summed E-state index contributed by atoms with van der Waals surface area (Å²) in [4.78, 5) is 4.24. The molecule has 0 saturated carbocycles. The Labute approximate surface area is 124 Å². The van der Waals surface area contributed by atoms with Crippen LogP contribution in [-0.2, 0) is 6.54 Å². The molecule has 0 amide bonds. The molecule has 1 aromatic rings. The van der Waals surface area contributed by atoms with Gasteiger partial charge in [0, 0.05) is 30.4 Å². The maximum atomic E-state index is 5.87. The second-order valence-corrected chi connectivity index (χ2v) is 6.41. The summed E-state index contributed by atoms with van der Waals surface area (Å²) in [6.07, 6.45) is 2.65. The first kappa shape index (κ1) is 14.5. The van der Waals surface area contributed by atoms with Crippen molar-refractivity contribution in [3.8, 4) is 0 Å². The molecule has 104 valence electrons. The number of benzene rings is 1. The van der Waals surface area contributed by atoms with Gasteiger partial charge in [-0.25, -0.2) is 0 Å². The summed E-state index contributed by atoms with van der Waals surface area (Å²) in [6, 6.07) is 7.86. The lowest BCUT2D eigenvalue weighted by Gasteiger charge is -2.14. The SMILES string of the molecule is CN=C(NCc1ccc(Cl)cc1)NCC1CCCS1. The van der Waals surface area contributed by atoms with Gasteiger partial charge in [-0.05, 0) is 36.3 Å². The van der Waals surface area contributed by atoms with E-state index in [9.17, 15) is 0 Å². The van der Waals surface area contributed by atoms with Crippen LogP contribution in [0.3, 0.4) is 0 Å². The standard InChI is InChI=1S/C14H20ClN3S/c1-16-14(18-10-13-3-2-8-19-13)17-9-11-4-6-12(15)7-5-11/h4-7,13H,2-3,8-10H2,1H3,(H2,16,17,18). The van der Waals surface area contributed by atoms with Crippen molar-refractivity contribution in [2.45, 2.75) is 24.6 Å². The Hall–Kier alpha value is -0.870. The first-order chi connectivity index (χ1) is 9.28. The van der Waals surface area contributed by atoms with Gasteiger partial charge in [0.05, 0.1) is 0 Å². The predicted molar refractivity (Wildman–Crippen MR) is 85.1 cm³/mol. The zero-order valence-electron chi connectivity index (χ0n) is 11.2. The maximum Gasteiger partial charge on any atom is 0.191 e. The van der Waals surface area contributed by atoms with E-state index in [4.69, 9.17) is 11.6 Å². The van der Waals surface area contributed by atoms with Crippen LogP contribution in [0.1, 0.15) is 18.4 Å². The molecule has 1 unspecified atom stereocenters. The molecule has 1 aromatic carbocycles. The Morgan fingerprint density at radius 1 is 1.37 bits per heavy atom. The van der Waals surface area contributed by atoms with Gasteiger partial charge in [-0.15, -0.1) is 0 Å². The third-order valence-electron chi connectivity index (χ3n) is 3.12. The van der Waals surface area contributed by atoms with Gasteiger partial charge in [0.2, 0.25) is 0 Å². The highest BCUT2D eigenvalue weighted by Crippen LogP contribution is 2.25. The summed E-state index contributed by atoms with van der Waals surface area (Å²) in [5, 5.41) is 8.20. The molecule has 1 heterocycles. The van der Waals surface area contributed by atoms with Gasteiger partial charge in [-0.2, -0.15) is 11.8 Å². The fourth-order valence-electron chi connectivity index (χ4n) is 2.02. The summed E-state index contributed by atoms with van der Waals surface area (Å²) in [5.74, 6) is 2.16. The minimum atomic E-state index is 0.731. The first-order valence-electron chi connectivity index (χ1n) is 6.58. The number of hydrogen-bond donors (Lipinski definition) is 2. The molecule has 1 atom stereocenters. The highest BCUT2D eigenvalue weighted by atomic mass is 35.5. The maximum absolute atomic E-state index is 5.87. The zero-order chi connectivity index (χ0) is 13.5. The summed E-state index contributed by atoms with van der Waals surface area (Å²) in [6.45, 7) is 1.75. The Balaban J connectivity index is 1.74. The third-order valence-corrected chi connectivity index (χ3v) is 4.77. The topological polar surface area (TPSA) is 36.4 Å². The molecule has 0 bridgehead atoms. The molecule has 0 radical (unpaired) electrons. The van der Waals surface area contributed by atoms with E-state index in [1.807, 2.05) is 24.3 Å². The highest BCUT2D eigenvalue weighted by Gasteiger charge is 2.15. The van der Waals surface area contributed by atoms with Gasteiger partial charge < -0.3 is 10.6 Å². The van der Waals surface area contributed by atoms with E-state index < -0.39 is 0 Å². The quantitative estimate of drug-likeness (QED) is 0.663. The van der Waals surface area contributed by atoms with E-state index in [-0.39, 0.29) is 0 Å². The molecule has 19 heavy (non-hydrogen) atoms. The van der Waals surface area contributed by atoms with Crippen molar-refractivity contribution in [3.63, 3.8) is 0 Å². The van der Waals surface area contributed by atoms with Crippen molar-refractivity contribution in [3.05, 3.63) is 34.9 Å². The Bertz CT molecular complexity index is 413. The lowest BCUT2D eigenvalue weighted by atomic mass is 10.2. The van der Waals surface area contributed by atoms with Crippen LogP contribution in [0.25, 0.3) is 0 Å². The molecule has 0 aromatic heterocycles. The van der Waals surface area contributed by atoms with Crippen molar-refractivity contribution in [2.75, 3.05) is 19.3 Å². The van der Waals surface area contributed by atoms with E-state index in [2.05, 4.69) is 27.4 Å². The van der Waals surface area contributed by atoms with Crippen LogP contribution in [0.15, 0.2) is 29.3 Å². The van der Waals surface area contributed by atoms with Gasteiger partial charge in [-0.3, -0.25) is 4.99 Å². The fourth-order valence-corrected chi connectivity index (χ4v) is 3.35. The Morgan fingerprint density at radius 3 is 2.79 bits per heavy atom. The van der Waals surface area contributed by atoms with Gasteiger partial charge in [0.1, 0.15) is 0 Å². The summed E-state index contributed by atoms with van der Waals surface area (Å²) in [5.41, 5.74) is 1.20. The first-order valence-corrected chi connectivity index (χ1v) is 8.01. The smallest absolute Gasteiger partial charge is 0.191 e. The molecular formula is C14H20ClN3S. The number of guanidine groups is 1. The number of nitrogens with one attached hydrogen (secondary N) is 2. The number of thioether (sulfide) groups is 1. The van der Waals surface area contributed by atoms with Gasteiger partial charge in [0.25, 0.3) is 0 Å². The summed E-state index contributed by atoms with van der Waals surface area (Å²) >= 11 is 7.92. The van der Waals surface area contributed by atoms with Crippen LogP contribution >= 0.6 is 23.4 Å². The average Bonchev–Trinajstić information content (AvgIpc) is 2.94. The Kier molecular flexibility index (Phi) is 5.86. The molecule has 0 aliphatic carbocycles. The van der Waals surface area contributed by atoms with Gasteiger partial charge in [-0.1, -0.05) is 23.7 Å². The van der Waals surface area contributed by atoms with Crippen molar-refractivity contribution >= 4 is 29.3 Å². The molecule has 0 spiro atoms. The van der Waals surface area contributed by atoms with Crippen LogP contribution in [0.5, 0.6) is 0 Å². The molecule has 1 saturated heterocycles. The number of rotatable bonds is 4. The molecule has 1 aliphatic heterocycles. The van der Waals surface area contributed by atoms with Crippen molar-refractivity contribution in [1.29, 1.82) is 0 Å². The molecule has 1 fully saturated rings. The van der Waals surface area contributed by atoms with Crippen molar-refractivity contribution in [1.82, 2.24) is 10.6 Å². The lowest BCUT2D eigenvalue weighted by molar-refractivity contribution is 0.726. The van der Waals surface area contributed by atoms with Crippen molar-refractivity contribution < 1.29 is 0 Å². The number of nitrogens with zero attached hydrogens (tertiary/aromatic N) is 1. The van der Waals surface area contributed by atoms with Crippen LogP contribution < -0.4 is 10.6 Å². The second-order valence-electron chi connectivity index (χ2n) is 4.57. The molecule has 5 heteroatoms. The minimum absolute atomic E-state index is 0.731. The number of hydrogen-bond acceptors (Lipinski definition) is 2. The fraction of sp³-hybridized carbons (Fsp3) is 0.500. The van der Waals surface area contributed by atoms with E-state index >= 15 is 0 Å². The normalized spacial score (nSPS) is 19.5. The van der Waals surface area contributed by atoms with Crippen LogP contribution in [-0.4, -0.2) is 30.6 Å².